The lowest BCUT2D eigenvalue weighted by Gasteiger charge is -2.15. The van der Waals surface area contributed by atoms with Gasteiger partial charge in [-0.25, -0.2) is 4.79 Å². The minimum atomic E-state index is -0.0633. The molecular weight excluding hydrogens is 234 g/mol. The monoisotopic (exact) mass is 255 g/mol. The Morgan fingerprint density at radius 2 is 2.29 bits per heavy atom. The first-order chi connectivity index (χ1) is 8.02. The zero-order valence-corrected chi connectivity index (χ0v) is 11.8. The maximum Gasteiger partial charge on any atom is 0.322 e. The Labute approximate surface area is 107 Å². The summed E-state index contributed by atoms with van der Waals surface area (Å²) >= 11 is 1.35. The Morgan fingerprint density at radius 1 is 1.59 bits per heavy atom. The molecule has 0 saturated heterocycles. The predicted molar refractivity (Wildman–Crippen MR) is 72.6 cm³/mol. The lowest BCUT2D eigenvalue weighted by Crippen LogP contribution is -2.31. The fourth-order valence-electron chi connectivity index (χ4n) is 1.52. The third-order valence-electron chi connectivity index (χ3n) is 2.31. The Kier molecular flexibility index (Phi) is 5.41. The SMILES string of the molecule is CCCN(C)C(=O)Nc1cc(CC(C)C)ns1. The highest BCUT2D eigenvalue weighted by Crippen LogP contribution is 2.18. The molecule has 0 saturated carbocycles. The van der Waals surface area contributed by atoms with E-state index in [1.165, 1.54) is 11.5 Å². The first-order valence-electron chi connectivity index (χ1n) is 6.00. The molecule has 0 spiro atoms. The quantitative estimate of drug-likeness (QED) is 0.878. The molecule has 0 bridgehead atoms. The average Bonchev–Trinajstić information content (AvgIpc) is 2.64. The molecule has 5 heteroatoms. The van der Waals surface area contributed by atoms with Crippen LogP contribution in [0.1, 0.15) is 32.9 Å². The van der Waals surface area contributed by atoms with E-state index in [1.807, 2.05) is 6.07 Å². The van der Waals surface area contributed by atoms with Gasteiger partial charge in [-0.2, -0.15) is 4.37 Å². The molecule has 1 aromatic heterocycles. The third kappa shape index (κ3) is 4.73. The lowest BCUT2D eigenvalue weighted by molar-refractivity contribution is 0.222. The second kappa shape index (κ2) is 6.59. The van der Waals surface area contributed by atoms with Crippen molar-refractivity contribution in [2.24, 2.45) is 5.92 Å². The zero-order chi connectivity index (χ0) is 12.8. The summed E-state index contributed by atoms with van der Waals surface area (Å²) in [5, 5.41) is 3.69. The highest BCUT2D eigenvalue weighted by Gasteiger charge is 2.10. The van der Waals surface area contributed by atoms with E-state index in [9.17, 15) is 4.79 Å². The van der Waals surface area contributed by atoms with E-state index in [4.69, 9.17) is 0 Å². The van der Waals surface area contributed by atoms with Crippen LogP contribution < -0.4 is 5.32 Å². The second-order valence-electron chi connectivity index (χ2n) is 4.63. The summed E-state index contributed by atoms with van der Waals surface area (Å²) in [4.78, 5) is 13.4. The van der Waals surface area contributed by atoms with Crippen LogP contribution in [-0.2, 0) is 6.42 Å². The molecule has 0 aromatic carbocycles. The van der Waals surface area contributed by atoms with Gasteiger partial charge in [0.05, 0.1) is 5.69 Å². The van der Waals surface area contributed by atoms with Crippen LogP contribution in [0.2, 0.25) is 0 Å². The third-order valence-corrected chi connectivity index (χ3v) is 3.05. The molecule has 1 heterocycles. The number of aromatic nitrogens is 1. The van der Waals surface area contributed by atoms with E-state index in [1.54, 1.807) is 11.9 Å². The van der Waals surface area contributed by atoms with Gasteiger partial charge in [0.25, 0.3) is 0 Å². The van der Waals surface area contributed by atoms with Crippen molar-refractivity contribution in [3.05, 3.63) is 11.8 Å². The molecule has 0 aliphatic rings. The number of nitrogens with one attached hydrogen (secondary N) is 1. The van der Waals surface area contributed by atoms with E-state index in [-0.39, 0.29) is 6.03 Å². The molecule has 4 nitrogen and oxygen atoms in total. The van der Waals surface area contributed by atoms with E-state index in [2.05, 4.69) is 30.5 Å². The van der Waals surface area contributed by atoms with Gasteiger partial charge in [-0.1, -0.05) is 20.8 Å². The fraction of sp³-hybridized carbons (Fsp3) is 0.667. The molecule has 1 aromatic rings. The number of urea groups is 1. The van der Waals surface area contributed by atoms with Crippen LogP contribution in [0, 0.1) is 5.92 Å². The van der Waals surface area contributed by atoms with Crippen molar-refractivity contribution in [1.82, 2.24) is 9.27 Å². The maximum atomic E-state index is 11.7. The number of carbonyl (C=O) groups is 1. The van der Waals surface area contributed by atoms with Crippen molar-refractivity contribution in [2.45, 2.75) is 33.6 Å². The Hall–Kier alpha value is -1.10. The van der Waals surface area contributed by atoms with E-state index >= 15 is 0 Å². The van der Waals surface area contributed by atoms with Gasteiger partial charge < -0.3 is 4.90 Å². The fourth-order valence-corrected chi connectivity index (χ4v) is 2.19. The summed E-state index contributed by atoms with van der Waals surface area (Å²) in [6, 6.07) is 1.90. The summed E-state index contributed by atoms with van der Waals surface area (Å²) in [5.41, 5.74) is 1.05. The van der Waals surface area contributed by atoms with Crippen LogP contribution in [0.25, 0.3) is 0 Å². The molecular formula is C12H21N3OS. The normalized spacial score (nSPS) is 10.6. The van der Waals surface area contributed by atoms with Crippen LogP contribution >= 0.6 is 11.5 Å². The summed E-state index contributed by atoms with van der Waals surface area (Å²) in [5.74, 6) is 0.586. The van der Waals surface area contributed by atoms with Gasteiger partial charge in [0.2, 0.25) is 0 Å². The lowest BCUT2D eigenvalue weighted by atomic mass is 10.1. The van der Waals surface area contributed by atoms with E-state index < -0.39 is 0 Å². The summed E-state index contributed by atoms with van der Waals surface area (Å²) in [7, 11) is 1.80. The van der Waals surface area contributed by atoms with Crippen molar-refractivity contribution < 1.29 is 4.79 Å². The maximum absolute atomic E-state index is 11.7. The highest BCUT2D eigenvalue weighted by atomic mass is 32.1. The molecule has 1 N–H and O–H groups in total. The molecule has 0 aliphatic heterocycles. The molecule has 0 radical (unpaired) electrons. The number of rotatable bonds is 5. The van der Waals surface area contributed by atoms with E-state index in [0.717, 1.165) is 30.1 Å². The molecule has 17 heavy (non-hydrogen) atoms. The molecule has 0 fully saturated rings. The van der Waals surface area contributed by atoms with Crippen LogP contribution in [0.15, 0.2) is 6.07 Å². The Morgan fingerprint density at radius 3 is 2.88 bits per heavy atom. The summed E-state index contributed by atoms with van der Waals surface area (Å²) in [6.45, 7) is 7.14. The van der Waals surface area contributed by atoms with Crippen LogP contribution in [0.4, 0.5) is 9.80 Å². The van der Waals surface area contributed by atoms with Crippen LogP contribution in [0.5, 0.6) is 0 Å². The number of anilines is 1. The number of hydrogen-bond acceptors (Lipinski definition) is 3. The standard InChI is InChI=1S/C12H21N3OS/c1-5-6-15(4)12(16)13-11-8-10(14-17-11)7-9(2)3/h8-9H,5-7H2,1-4H3,(H,13,16). The van der Waals surface area contributed by atoms with Gasteiger partial charge >= 0.3 is 6.03 Å². The highest BCUT2D eigenvalue weighted by molar-refractivity contribution is 7.10. The smallest absolute Gasteiger partial charge is 0.322 e. The van der Waals surface area contributed by atoms with Crippen molar-refractivity contribution in [2.75, 3.05) is 18.9 Å². The van der Waals surface area contributed by atoms with Gasteiger partial charge in [-0.15, -0.1) is 0 Å². The first-order valence-corrected chi connectivity index (χ1v) is 6.78. The second-order valence-corrected chi connectivity index (χ2v) is 5.44. The number of carbonyl (C=O) groups excluding carboxylic acids is 1. The minimum absolute atomic E-state index is 0.0633. The van der Waals surface area contributed by atoms with Gasteiger partial charge in [-0.05, 0) is 36.4 Å². The largest absolute Gasteiger partial charge is 0.328 e. The van der Waals surface area contributed by atoms with Gasteiger partial charge in [0.15, 0.2) is 0 Å². The first kappa shape index (κ1) is 14.0. The van der Waals surface area contributed by atoms with Crippen molar-refractivity contribution >= 4 is 22.6 Å². The minimum Gasteiger partial charge on any atom is -0.328 e. The molecule has 2 amide bonds. The Bertz CT molecular complexity index is 362. The molecule has 1 rings (SSSR count). The molecule has 0 atom stereocenters. The zero-order valence-electron chi connectivity index (χ0n) is 11.0. The van der Waals surface area contributed by atoms with Gasteiger partial charge in [-0.3, -0.25) is 5.32 Å². The summed E-state index contributed by atoms with van der Waals surface area (Å²) in [6.07, 6.45) is 1.92. The number of amides is 2. The average molecular weight is 255 g/mol. The van der Waals surface area contributed by atoms with Crippen molar-refractivity contribution in [3.8, 4) is 0 Å². The Balaban J connectivity index is 2.51. The molecule has 96 valence electrons. The van der Waals surface area contributed by atoms with E-state index in [0.29, 0.717) is 5.92 Å². The van der Waals surface area contributed by atoms with Gasteiger partial charge in [0.1, 0.15) is 5.00 Å². The van der Waals surface area contributed by atoms with Gasteiger partial charge in [0, 0.05) is 13.6 Å². The molecule has 0 unspecified atom stereocenters. The predicted octanol–water partition coefficient (Wildman–Crippen LogP) is 3.22. The van der Waals surface area contributed by atoms with Crippen LogP contribution in [-0.4, -0.2) is 28.9 Å². The van der Waals surface area contributed by atoms with Crippen LogP contribution in [0.3, 0.4) is 0 Å². The summed E-state index contributed by atoms with van der Waals surface area (Å²) < 4.78 is 4.32. The topological polar surface area (TPSA) is 45.2 Å². The van der Waals surface area contributed by atoms with Crippen molar-refractivity contribution in [1.29, 1.82) is 0 Å². The number of nitrogens with zero attached hydrogens (tertiary/aromatic N) is 2. The number of hydrogen-bond donors (Lipinski definition) is 1. The van der Waals surface area contributed by atoms with Crippen molar-refractivity contribution in [3.63, 3.8) is 0 Å². The molecule has 0 aliphatic carbocycles.